The summed E-state index contributed by atoms with van der Waals surface area (Å²) in [5.74, 6) is 0.667. The number of aromatic nitrogens is 3. The largest absolute Gasteiger partial charge is 0.353 e. The van der Waals surface area contributed by atoms with Crippen LogP contribution in [-0.4, -0.2) is 26.7 Å². The van der Waals surface area contributed by atoms with Crippen LogP contribution in [-0.2, 0) is 4.79 Å². The topological polar surface area (TPSA) is 59.8 Å². The first kappa shape index (κ1) is 13.3. The van der Waals surface area contributed by atoms with Gasteiger partial charge in [-0.15, -0.1) is 10.2 Å². The molecule has 0 aliphatic heterocycles. The van der Waals surface area contributed by atoms with Crippen LogP contribution in [0.3, 0.4) is 0 Å². The van der Waals surface area contributed by atoms with E-state index in [1.54, 1.807) is 12.7 Å². The van der Waals surface area contributed by atoms with Crippen LogP contribution >= 0.6 is 0 Å². The van der Waals surface area contributed by atoms with Gasteiger partial charge in [-0.25, -0.2) is 0 Å². The first-order valence-corrected chi connectivity index (χ1v) is 8.41. The highest BCUT2D eigenvalue weighted by atomic mass is 16.2. The third-order valence-corrected chi connectivity index (χ3v) is 6.01. The molecule has 1 atom stereocenters. The third-order valence-electron chi connectivity index (χ3n) is 6.01. The molecule has 0 bridgehead atoms. The molecule has 3 fully saturated rings. The zero-order valence-electron chi connectivity index (χ0n) is 12.5. The fraction of sp³-hybridized carbons (Fsp3) is 0.812. The van der Waals surface area contributed by atoms with Crippen molar-refractivity contribution in [2.24, 2.45) is 11.3 Å². The molecule has 1 N–H and O–H groups in total. The Morgan fingerprint density at radius 1 is 1.10 bits per heavy atom. The van der Waals surface area contributed by atoms with E-state index in [1.165, 1.54) is 25.7 Å². The molecule has 0 radical (unpaired) electrons. The quantitative estimate of drug-likeness (QED) is 0.929. The predicted molar refractivity (Wildman–Crippen MR) is 78.5 cm³/mol. The van der Waals surface area contributed by atoms with Crippen molar-refractivity contribution in [1.29, 1.82) is 0 Å². The lowest BCUT2D eigenvalue weighted by Gasteiger charge is -2.29. The van der Waals surface area contributed by atoms with E-state index in [4.69, 9.17) is 0 Å². The molecule has 1 unspecified atom stereocenters. The molecule has 0 saturated heterocycles. The van der Waals surface area contributed by atoms with Gasteiger partial charge in [-0.05, 0) is 50.4 Å². The molecule has 1 aromatic heterocycles. The summed E-state index contributed by atoms with van der Waals surface area (Å²) in [6, 6.07) is 0.888. The first-order chi connectivity index (χ1) is 10.3. The molecule has 4 rings (SSSR count). The Kier molecular flexibility index (Phi) is 3.23. The molecule has 3 aliphatic rings. The fourth-order valence-corrected chi connectivity index (χ4v) is 4.57. The van der Waals surface area contributed by atoms with Crippen molar-refractivity contribution in [1.82, 2.24) is 20.1 Å². The molecule has 5 nitrogen and oxygen atoms in total. The smallest absolute Gasteiger partial charge is 0.223 e. The van der Waals surface area contributed by atoms with E-state index >= 15 is 0 Å². The Hall–Kier alpha value is -1.39. The number of amides is 1. The number of nitrogens with zero attached hydrogens (tertiary/aromatic N) is 3. The summed E-state index contributed by atoms with van der Waals surface area (Å²) in [6.45, 7) is 0. The second kappa shape index (κ2) is 5.11. The second-order valence-electron chi connectivity index (χ2n) is 7.25. The molecule has 3 aliphatic carbocycles. The number of carbonyl (C=O) groups is 1. The maximum atomic E-state index is 12.4. The van der Waals surface area contributed by atoms with Gasteiger partial charge in [0.15, 0.2) is 0 Å². The maximum Gasteiger partial charge on any atom is 0.223 e. The minimum atomic E-state index is 0.329. The van der Waals surface area contributed by atoms with Gasteiger partial charge in [0, 0.05) is 18.0 Å². The van der Waals surface area contributed by atoms with Gasteiger partial charge in [0.2, 0.25) is 5.91 Å². The molecule has 1 amide bonds. The van der Waals surface area contributed by atoms with Crippen LogP contribution in [0.2, 0.25) is 0 Å². The summed E-state index contributed by atoms with van der Waals surface area (Å²) < 4.78 is 2.10. The number of nitrogens with one attached hydrogen (secondary N) is 1. The van der Waals surface area contributed by atoms with E-state index in [-0.39, 0.29) is 0 Å². The Balaban J connectivity index is 1.27. The maximum absolute atomic E-state index is 12.4. The summed E-state index contributed by atoms with van der Waals surface area (Å²) in [5.41, 5.74) is 0.420. The number of carbonyl (C=O) groups excluding carboxylic acids is 1. The van der Waals surface area contributed by atoms with E-state index in [2.05, 4.69) is 20.1 Å². The van der Waals surface area contributed by atoms with E-state index in [0.29, 0.717) is 29.3 Å². The van der Waals surface area contributed by atoms with Crippen molar-refractivity contribution in [3.63, 3.8) is 0 Å². The van der Waals surface area contributed by atoms with Gasteiger partial charge in [-0.1, -0.05) is 12.8 Å². The van der Waals surface area contributed by atoms with E-state index in [0.717, 1.165) is 32.1 Å². The van der Waals surface area contributed by atoms with Gasteiger partial charge in [-0.3, -0.25) is 4.79 Å². The Bertz CT molecular complexity index is 498. The van der Waals surface area contributed by atoms with Gasteiger partial charge in [0.05, 0.1) is 0 Å². The summed E-state index contributed by atoms with van der Waals surface area (Å²) >= 11 is 0. The highest BCUT2D eigenvalue weighted by Crippen LogP contribution is 2.62. The average Bonchev–Trinajstić information content (AvgIpc) is 2.88. The van der Waals surface area contributed by atoms with Crippen LogP contribution in [0, 0.1) is 11.3 Å². The summed E-state index contributed by atoms with van der Waals surface area (Å²) in [6.07, 6.45) is 14.4. The Labute approximate surface area is 125 Å². The molecular weight excluding hydrogens is 264 g/mol. The normalized spacial score (nSPS) is 34.0. The average molecular weight is 288 g/mol. The lowest BCUT2D eigenvalue weighted by Crippen LogP contribution is -2.39. The fourth-order valence-electron chi connectivity index (χ4n) is 4.57. The minimum Gasteiger partial charge on any atom is -0.353 e. The number of hydrogen-bond donors (Lipinski definition) is 1. The van der Waals surface area contributed by atoms with Crippen molar-refractivity contribution in [2.45, 2.75) is 69.9 Å². The van der Waals surface area contributed by atoms with Gasteiger partial charge >= 0.3 is 0 Å². The number of hydrogen-bond acceptors (Lipinski definition) is 3. The molecule has 21 heavy (non-hydrogen) atoms. The van der Waals surface area contributed by atoms with Crippen molar-refractivity contribution >= 4 is 5.91 Å². The molecular formula is C16H24N4O. The van der Waals surface area contributed by atoms with E-state index in [9.17, 15) is 4.79 Å². The zero-order valence-corrected chi connectivity index (χ0v) is 12.5. The van der Waals surface area contributed by atoms with Gasteiger partial charge in [0.25, 0.3) is 0 Å². The molecule has 0 aromatic carbocycles. The van der Waals surface area contributed by atoms with Crippen LogP contribution in [0.4, 0.5) is 0 Å². The predicted octanol–water partition coefficient (Wildman–Crippen LogP) is 2.46. The van der Waals surface area contributed by atoms with Crippen LogP contribution in [0.25, 0.3) is 0 Å². The first-order valence-electron chi connectivity index (χ1n) is 8.41. The van der Waals surface area contributed by atoms with Gasteiger partial charge in [-0.2, -0.15) is 0 Å². The third kappa shape index (κ3) is 2.47. The van der Waals surface area contributed by atoms with Crippen molar-refractivity contribution in [2.75, 3.05) is 0 Å². The molecule has 114 valence electrons. The van der Waals surface area contributed by atoms with Crippen molar-refractivity contribution < 1.29 is 4.79 Å². The Morgan fingerprint density at radius 2 is 1.76 bits per heavy atom. The molecule has 3 saturated carbocycles. The van der Waals surface area contributed by atoms with Crippen LogP contribution in [0.15, 0.2) is 12.7 Å². The highest BCUT2D eigenvalue weighted by Gasteiger charge is 2.58. The molecule has 1 aromatic rings. The lowest BCUT2D eigenvalue weighted by atomic mass is 9.90. The Morgan fingerprint density at radius 3 is 2.43 bits per heavy atom. The summed E-state index contributed by atoms with van der Waals surface area (Å²) in [5, 5.41) is 11.1. The van der Waals surface area contributed by atoms with E-state index < -0.39 is 0 Å². The summed E-state index contributed by atoms with van der Waals surface area (Å²) in [7, 11) is 0. The van der Waals surface area contributed by atoms with Crippen LogP contribution in [0.5, 0.6) is 0 Å². The molecule has 1 heterocycles. The standard InChI is InChI=1S/C16H24N4O/c21-15(14-9-16(14)7-1-2-8-16)19-12-3-5-13(6-4-12)20-10-17-18-11-20/h10-14H,1-9H2,(H,19,21). The van der Waals surface area contributed by atoms with Crippen LogP contribution in [0.1, 0.15) is 63.8 Å². The van der Waals surface area contributed by atoms with Gasteiger partial charge < -0.3 is 9.88 Å². The highest BCUT2D eigenvalue weighted by molar-refractivity contribution is 5.82. The monoisotopic (exact) mass is 288 g/mol. The van der Waals surface area contributed by atoms with Crippen molar-refractivity contribution in [3.05, 3.63) is 12.7 Å². The SMILES string of the molecule is O=C(NC1CCC(n2cnnc2)CC1)C1CC12CCCC2. The van der Waals surface area contributed by atoms with E-state index in [1.807, 2.05) is 0 Å². The summed E-state index contributed by atoms with van der Waals surface area (Å²) in [4.78, 5) is 12.4. The van der Waals surface area contributed by atoms with Gasteiger partial charge in [0.1, 0.15) is 12.7 Å². The minimum absolute atomic E-state index is 0.329. The number of rotatable bonds is 3. The zero-order chi connectivity index (χ0) is 14.3. The van der Waals surface area contributed by atoms with Crippen LogP contribution < -0.4 is 5.32 Å². The lowest BCUT2D eigenvalue weighted by molar-refractivity contribution is -0.124. The second-order valence-corrected chi connectivity index (χ2v) is 7.25. The molecule has 5 heteroatoms. The van der Waals surface area contributed by atoms with Crippen molar-refractivity contribution in [3.8, 4) is 0 Å². The molecule has 1 spiro atoms.